The maximum absolute atomic E-state index is 5.14. The van der Waals surface area contributed by atoms with Crippen molar-refractivity contribution in [2.75, 3.05) is 17.2 Å². The Bertz CT molecular complexity index is 174. The molecule has 0 aromatic carbocycles. The summed E-state index contributed by atoms with van der Waals surface area (Å²) in [6, 6.07) is 0. The number of nitrogens with two attached hydrogens (primary N) is 3. The van der Waals surface area contributed by atoms with Crippen LogP contribution in [-0.2, 0) is 0 Å². The van der Waals surface area contributed by atoms with E-state index in [1.807, 2.05) is 0 Å². The van der Waals surface area contributed by atoms with Crippen molar-refractivity contribution >= 4 is 17.8 Å². The first-order valence-electron chi connectivity index (χ1n) is 2.21. The summed E-state index contributed by atoms with van der Waals surface area (Å²) in [5.74, 6) is 0.125. The molecular formula is C3H8N6O. The number of hydrogen-bond donors (Lipinski definition) is 3. The third-order valence-electron chi connectivity index (χ3n) is 0.687. The number of nitrogens with zero attached hydrogens (tertiary/aromatic N) is 3. The van der Waals surface area contributed by atoms with Crippen molar-refractivity contribution in [1.29, 1.82) is 0 Å². The van der Waals surface area contributed by atoms with Crippen LogP contribution in [-0.4, -0.2) is 20.4 Å². The zero-order valence-corrected chi connectivity index (χ0v) is 5.07. The smallest absolute Gasteiger partial charge is 0.226 e. The van der Waals surface area contributed by atoms with E-state index in [4.69, 9.17) is 17.2 Å². The molecule has 0 spiro atoms. The van der Waals surface area contributed by atoms with Crippen molar-refractivity contribution in [3.63, 3.8) is 0 Å². The molecule has 1 rings (SSSR count). The molecule has 0 saturated heterocycles. The van der Waals surface area contributed by atoms with Crippen molar-refractivity contribution < 1.29 is 5.48 Å². The fourth-order valence-corrected chi connectivity index (χ4v) is 0.427. The maximum atomic E-state index is 5.14. The summed E-state index contributed by atoms with van der Waals surface area (Å²) in [6.45, 7) is 0. The lowest BCUT2D eigenvalue weighted by Crippen LogP contribution is -2.05. The van der Waals surface area contributed by atoms with Crippen LogP contribution in [0.15, 0.2) is 0 Å². The van der Waals surface area contributed by atoms with Gasteiger partial charge in [0.05, 0.1) is 0 Å². The monoisotopic (exact) mass is 144 g/mol. The van der Waals surface area contributed by atoms with E-state index in [9.17, 15) is 0 Å². The largest absolute Gasteiger partial charge is 0.412 e. The first-order valence-corrected chi connectivity index (χ1v) is 2.21. The van der Waals surface area contributed by atoms with Crippen LogP contribution in [0.5, 0.6) is 0 Å². The van der Waals surface area contributed by atoms with E-state index in [1.165, 1.54) is 0 Å². The van der Waals surface area contributed by atoms with Gasteiger partial charge in [-0.3, -0.25) is 0 Å². The lowest BCUT2D eigenvalue weighted by atomic mass is 10.9. The molecule has 1 heterocycles. The maximum Gasteiger partial charge on any atom is 0.226 e. The number of nitrogen functional groups attached to an aromatic ring is 3. The lowest BCUT2D eigenvalue weighted by molar-refractivity contribution is 0.824. The van der Waals surface area contributed by atoms with E-state index in [0.717, 1.165) is 0 Å². The second kappa shape index (κ2) is 2.78. The standard InChI is InChI=1S/C3H6N6.H2O/c4-1-7-2(5)9-3(6)8-1;/h(H6,4,5,6,7,8,9);1H2. The van der Waals surface area contributed by atoms with Crippen LogP contribution in [0.4, 0.5) is 17.8 Å². The molecule has 0 radical (unpaired) electrons. The molecule has 7 nitrogen and oxygen atoms in total. The van der Waals surface area contributed by atoms with Gasteiger partial charge in [0.2, 0.25) is 17.8 Å². The molecule has 0 atom stereocenters. The molecule has 0 amide bonds. The Kier molecular flexibility index (Phi) is 2.33. The van der Waals surface area contributed by atoms with Gasteiger partial charge in [0, 0.05) is 0 Å². The zero-order valence-electron chi connectivity index (χ0n) is 5.07. The van der Waals surface area contributed by atoms with Crippen LogP contribution >= 0.6 is 0 Å². The highest BCUT2D eigenvalue weighted by Crippen LogP contribution is 1.97. The molecule has 0 aliphatic carbocycles. The second-order valence-electron chi connectivity index (χ2n) is 1.41. The molecule has 0 saturated carbocycles. The van der Waals surface area contributed by atoms with Crippen LogP contribution in [0, 0.1) is 0 Å². The Balaban J connectivity index is 0.000000810. The highest BCUT2D eigenvalue weighted by Gasteiger charge is 1.93. The fraction of sp³-hybridized carbons (Fsp3) is 0. The molecule has 0 fully saturated rings. The Morgan fingerprint density at radius 1 is 0.700 bits per heavy atom. The first kappa shape index (κ1) is 8.37. The fourth-order valence-electron chi connectivity index (χ4n) is 0.427. The summed E-state index contributed by atoms with van der Waals surface area (Å²) in [5.41, 5.74) is 15.4. The Morgan fingerprint density at radius 3 is 1.10 bits per heavy atom. The van der Waals surface area contributed by atoms with Crippen LogP contribution in [0.3, 0.4) is 0 Å². The van der Waals surface area contributed by atoms with Gasteiger partial charge in [-0.15, -0.1) is 0 Å². The topological polar surface area (TPSA) is 148 Å². The molecule has 7 heteroatoms. The average Bonchev–Trinajstić information content (AvgIpc) is 1.59. The van der Waals surface area contributed by atoms with Gasteiger partial charge in [-0.05, 0) is 0 Å². The Morgan fingerprint density at radius 2 is 0.900 bits per heavy atom. The Labute approximate surface area is 56.6 Å². The predicted octanol–water partition coefficient (Wildman–Crippen LogP) is -2.21. The minimum absolute atomic E-state index is 0. The van der Waals surface area contributed by atoms with Crippen LogP contribution in [0.2, 0.25) is 0 Å². The van der Waals surface area contributed by atoms with Gasteiger partial charge < -0.3 is 22.7 Å². The van der Waals surface area contributed by atoms with Gasteiger partial charge in [0.15, 0.2) is 0 Å². The summed E-state index contributed by atoms with van der Waals surface area (Å²) >= 11 is 0. The van der Waals surface area contributed by atoms with Gasteiger partial charge in [-0.2, -0.15) is 15.0 Å². The molecular weight excluding hydrogens is 136 g/mol. The lowest BCUT2D eigenvalue weighted by Gasteiger charge is -1.93. The number of aromatic nitrogens is 3. The molecule has 56 valence electrons. The molecule has 1 aromatic heterocycles. The summed E-state index contributed by atoms with van der Waals surface area (Å²) < 4.78 is 0. The minimum atomic E-state index is 0. The average molecular weight is 144 g/mol. The van der Waals surface area contributed by atoms with Crippen LogP contribution in [0.1, 0.15) is 0 Å². The number of rotatable bonds is 0. The van der Waals surface area contributed by atoms with Gasteiger partial charge in [0.25, 0.3) is 0 Å². The van der Waals surface area contributed by atoms with E-state index in [0.29, 0.717) is 0 Å². The molecule has 0 bridgehead atoms. The van der Waals surface area contributed by atoms with Gasteiger partial charge in [0.1, 0.15) is 0 Å². The van der Waals surface area contributed by atoms with E-state index in [-0.39, 0.29) is 23.3 Å². The normalized spacial score (nSPS) is 8.40. The van der Waals surface area contributed by atoms with Crippen molar-refractivity contribution in [3.8, 4) is 0 Å². The molecule has 0 aliphatic heterocycles. The van der Waals surface area contributed by atoms with Gasteiger partial charge in [-0.25, -0.2) is 0 Å². The van der Waals surface area contributed by atoms with Crippen molar-refractivity contribution in [3.05, 3.63) is 0 Å². The summed E-state index contributed by atoms with van der Waals surface area (Å²) in [4.78, 5) is 10.5. The van der Waals surface area contributed by atoms with Crippen molar-refractivity contribution in [2.45, 2.75) is 0 Å². The van der Waals surface area contributed by atoms with Crippen LogP contribution in [0.25, 0.3) is 0 Å². The summed E-state index contributed by atoms with van der Waals surface area (Å²) in [7, 11) is 0. The zero-order chi connectivity index (χ0) is 6.85. The van der Waals surface area contributed by atoms with E-state index in [1.54, 1.807) is 0 Å². The van der Waals surface area contributed by atoms with E-state index in [2.05, 4.69) is 15.0 Å². The third kappa shape index (κ3) is 1.71. The third-order valence-corrected chi connectivity index (χ3v) is 0.687. The Hall–Kier alpha value is -1.63. The predicted molar refractivity (Wildman–Crippen MR) is 36.7 cm³/mol. The molecule has 0 aliphatic rings. The van der Waals surface area contributed by atoms with Gasteiger partial charge >= 0.3 is 0 Å². The molecule has 10 heavy (non-hydrogen) atoms. The highest BCUT2D eigenvalue weighted by atomic mass is 16.0. The van der Waals surface area contributed by atoms with Crippen molar-refractivity contribution in [2.24, 2.45) is 0 Å². The summed E-state index contributed by atoms with van der Waals surface area (Å²) in [6.07, 6.45) is 0. The molecule has 0 unspecified atom stereocenters. The quantitative estimate of drug-likeness (QED) is 0.376. The SMILES string of the molecule is Nc1nc(N)nc(N)n1.O. The van der Waals surface area contributed by atoms with E-state index >= 15 is 0 Å². The number of anilines is 3. The number of hydrogen-bond acceptors (Lipinski definition) is 6. The van der Waals surface area contributed by atoms with E-state index < -0.39 is 0 Å². The van der Waals surface area contributed by atoms with Gasteiger partial charge in [-0.1, -0.05) is 0 Å². The van der Waals surface area contributed by atoms with Crippen LogP contribution < -0.4 is 17.2 Å². The highest BCUT2D eigenvalue weighted by molar-refractivity contribution is 5.33. The minimum Gasteiger partial charge on any atom is -0.412 e. The van der Waals surface area contributed by atoms with Crippen molar-refractivity contribution in [1.82, 2.24) is 15.0 Å². The molecule has 1 aromatic rings. The second-order valence-corrected chi connectivity index (χ2v) is 1.41. The summed E-state index contributed by atoms with van der Waals surface area (Å²) in [5, 5.41) is 0. The first-order chi connectivity index (χ1) is 4.18. The molecule has 8 N–H and O–H groups in total.